The smallest absolute Gasteiger partial charge is 0.353 e. The van der Waals surface area contributed by atoms with Crippen molar-refractivity contribution in [1.29, 1.82) is 0 Å². The minimum atomic E-state index is -1.99. The fourth-order valence-corrected chi connectivity index (χ4v) is 5.23. The van der Waals surface area contributed by atoms with E-state index >= 15 is 0 Å². The Morgan fingerprint density at radius 3 is 2.22 bits per heavy atom. The standard InChI is InChI=1S/C26H32O4SSi/c1-17-13-20(14-18(2)23(17)30-32(6,7)26(3,4)5)21-15-29-25(28)24(22(21)27)31-16-19-11-9-8-10-12-19/h8-15,27H,16H2,1-7H3. The maximum Gasteiger partial charge on any atom is 0.353 e. The lowest BCUT2D eigenvalue weighted by Gasteiger charge is -2.37. The Bertz CT molecular complexity index is 1140. The third-order valence-corrected chi connectivity index (χ3v) is 11.6. The summed E-state index contributed by atoms with van der Waals surface area (Å²) in [4.78, 5) is 12.5. The van der Waals surface area contributed by atoms with Crippen LogP contribution in [0.5, 0.6) is 11.5 Å². The van der Waals surface area contributed by atoms with Gasteiger partial charge in [0, 0.05) is 5.75 Å². The van der Waals surface area contributed by atoms with Crippen LogP contribution in [-0.2, 0) is 5.75 Å². The van der Waals surface area contributed by atoms with Crippen molar-refractivity contribution >= 4 is 20.1 Å². The Morgan fingerprint density at radius 1 is 1.06 bits per heavy atom. The number of hydrogen-bond donors (Lipinski definition) is 1. The van der Waals surface area contributed by atoms with Crippen molar-refractivity contribution in [3.8, 4) is 22.6 Å². The van der Waals surface area contributed by atoms with Gasteiger partial charge in [-0.15, -0.1) is 11.8 Å². The van der Waals surface area contributed by atoms with E-state index in [2.05, 4.69) is 33.9 Å². The molecule has 0 saturated carbocycles. The summed E-state index contributed by atoms with van der Waals surface area (Å²) < 4.78 is 11.9. The molecule has 170 valence electrons. The maximum atomic E-state index is 12.3. The summed E-state index contributed by atoms with van der Waals surface area (Å²) in [5.74, 6) is 1.43. The predicted octanol–water partition coefficient (Wildman–Crippen LogP) is 7.31. The Kier molecular flexibility index (Phi) is 6.96. The highest BCUT2D eigenvalue weighted by molar-refractivity contribution is 7.98. The molecule has 32 heavy (non-hydrogen) atoms. The maximum absolute atomic E-state index is 12.3. The van der Waals surface area contributed by atoms with E-state index in [4.69, 9.17) is 8.84 Å². The summed E-state index contributed by atoms with van der Waals surface area (Å²) in [6.07, 6.45) is 1.34. The molecule has 0 aliphatic carbocycles. The fourth-order valence-electron chi connectivity index (χ4n) is 3.18. The van der Waals surface area contributed by atoms with E-state index < -0.39 is 13.9 Å². The molecule has 1 heterocycles. The van der Waals surface area contributed by atoms with Crippen LogP contribution in [0.4, 0.5) is 0 Å². The third kappa shape index (κ3) is 5.13. The van der Waals surface area contributed by atoms with Gasteiger partial charge in [-0.3, -0.25) is 0 Å². The molecule has 0 aliphatic heterocycles. The fraction of sp³-hybridized carbons (Fsp3) is 0.346. The average Bonchev–Trinajstić information content (AvgIpc) is 2.70. The molecule has 0 fully saturated rings. The van der Waals surface area contributed by atoms with Crippen molar-refractivity contribution < 1.29 is 13.9 Å². The molecule has 0 saturated heterocycles. The van der Waals surface area contributed by atoms with Crippen LogP contribution < -0.4 is 10.1 Å². The predicted molar refractivity (Wildman–Crippen MR) is 135 cm³/mol. The molecule has 6 heteroatoms. The number of benzene rings is 2. The lowest BCUT2D eigenvalue weighted by atomic mass is 10.0. The van der Waals surface area contributed by atoms with Crippen molar-refractivity contribution in [3.05, 3.63) is 75.8 Å². The van der Waals surface area contributed by atoms with Crippen LogP contribution in [0.1, 0.15) is 37.5 Å². The van der Waals surface area contributed by atoms with Crippen LogP contribution in [-0.4, -0.2) is 13.4 Å². The van der Waals surface area contributed by atoms with Gasteiger partial charge in [0.05, 0.1) is 5.56 Å². The van der Waals surface area contributed by atoms with Crippen LogP contribution in [0.25, 0.3) is 11.1 Å². The second-order valence-corrected chi connectivity index (χ2v) is 15.4. The molecule has 3 rings (SSSR count). The molecule has 1 aromatic heterocycles. The van der Waals surface area contributed by atoms with E-state index in [-0.39, 0.29) is 15.7 Å². The van der Waals surface area contributed by atoms with Crippen molar-refractivity contribution in [2.75, 3.05) is 0 Å². The highest BCUT2D eigenvalue weighted by Crippen LogP contribution is 2.42. The normalized spacial score (nSPS) is 12.1. The Hall–Kier alpha value is -2.44. The zero-order valence-corrected chi connectivity index (χ0v) is 21.7. The number of thioether (sulfide) groups is 1. The summed E-state index contributed by atoms with van der Waals surface area (Å²) in [7, 11) is -1.99. The van der Waals surface area contributed by atoms with Gasteiger partial charge in [-0.25, -0.2) is 4.79 Å². The first-order valence-corrected chi connectivity index (χ1v) is 14.6. The molecular formula is C26H32O4SSi. The van der Waals surface area contributed by atoms with E-state index in [1.165, 1.54) is 18.0 Å². The minimum Gasteiger partial charge on any atom is -0.543 e. The van der Waals surface area contributed by atoms with Gasteiger partial charge in [0.1, 0.15) is 22.7 Å². The van der Waals surface area contributed by atoms with Crippen LogP contribution >= 0.6 is 11.8 Å². The lowest BCUT2D eigenvalue weighted by molar-refractivity contribution is 0.428. The number of aromatic hydroxyl groups is 1. The number of hydrogen-bond acceptors (Lipinski definition) is 5. The SMILES string of the molecule is Cc1cc(-c2coc(=O)c(SCc3ccccc3)c2O)cc(C)c1O[Si](C)(C)C(C)(C)C. The van der Waals surface area contributed by atoms with Crippen LogP contribution in [0, 0.1) is 13.8 Å². The quantitative estimate of drug-likeness (QED) is 0.304. The molecule has 0 unspecified atom stereocenters. The van der Waals surface area contributed by atoms with Crippen LogP contribution in [0.2, 0.25) is 18.1 Å². The van der Waals surface area contributed by atoms with Crippen LogP contribution in [0.3, 0.4) is 0 Å². The van der Waals surface area contributed by atoms with Crippen molar-refractivity contribution in [2.45, 2.75) is 63.4 Å². The number of aryl methyl sites for hydroxylation is 2. The third-order valence-electron chi connectivity index (χ3n) is 6.10. The zero-order valence-electron chi connectivity index (χ0n) is 19.9. The summed E-state index contributed by atoms with van der Waals surface area (Å²) in [6, 6.07) is 13.8. The average molecular weight is 469 g/mol. The molecule has 3 aromatic rings. The van der Waals surface area contributed by atoms with E-state index in [0.29, 0.717) is 11.3 Å². The summed E-state index contributed by atoms with van der Waals surface area (Å²) in [6.45, 7) is 15.1. The second kappa shape index (κ2) is 9.20. The lowest BCUT2D eigenvalue weighted by Crippen LogP contribution is -2.44. The van der Waals surface area contributed by atoms with Gasteiger partial charge in [0.15, 0.2) is 0 Å². The molecule has 4 nitrogen and oxygen atoms in total. The monoisotopic (exact) mass is 468 g/mol. The van der Waals surface area contributed by atoms with Gasteiger partial charge in [0.25, 0.3) is 8.32 Å². The van der Waals surface area contributed by atoms with Gasteiger partial charge in [-0.2, -0.15) is 0 Å². The Balaban J connectivity index is 1.95. The van der Waals surface area contributed by atoms with E-state index in [1.807, 2.05) is 56.3 Å². The van der Waals surface area contributed by atoms with Gasteiger partial charge in [-0.05, 0) is 66.4 Å². The largest absolute Gasteiger partial charge is 0.543 e. The summed E-state index contributed by atoms with van der Waals surface area (Å²) in [5.41, 5.74) is 3.83. The van der Waals surface area contributed by atoms with Gasteiger partial charge in [0.2, 0.25) is 0 Å². The molecule has 1 N–H and O–H groups in total. The molecular weight excluding hydrogens is 436 g/mol. The first-order valence-electron chi connectivity index (χ1n) is 10.7. The van der Waals surface area contributed by atoms with Crippen molar-refractivity contribution in [3.63, 3.8) is 0 Å². The van der Waals surface area contributed by atoms with E-state index in [9.17, 15) is 9.90 Å². The summed E-state index contributed by atoms with van der Waals surface area (Å²) >= 11 is 1.28. The molecule has 0 bridgehead atoms. The topological polar surface area (TPSA) is 59.7 Å². The molecule has 0 amide bonds. The highest BCUT2D eigenvalue weighted by atomic mass is 32.2. The van der Waals surface area contributed by atoms with Crippen molar-refractivity contribution in [1.82, 2.24) is 0 Å². The van der Waals surface area contributed by atoms with Gasteiger partial charge >= 0.3 is 5.63 Å². The molecule has 0 aliphatic rings. The summed E-state index contributed by atoms with van der Waals surface area (Å²) in [5, 5.41) is 11.0. The van der Waals surface area contributed by atoms with E-state index in [1.54, 1.807) is 0 Å². The molecule has 0 radical (unpaired) electrons. The first-order chi connectivity index (χ1) is 14.9. The first kappa shape index (κ1) is 24.2. The zero-order chi connectivity index (χ0) is 23.7. The minimum absolute atomic E-state index is 0.0426. The number of rotatable bonds is 6. The molecule has 0 atom stereocenters. The Morgan fingerprint density at radius 2 is 1.66 bits per heavy atom. The highest BCUT2D eigenvalue weighted by Gasteiger charge is 2.39. The van der Waals surface area contributed by atoms with Crippen LogP contribution in [0.15, 0.2) is 62.8 Å². The van der Waals surface area contributed by atoms with Gasteiger partial charge < -0.3 is 13.9 Å². The van der Waals surface area contributed by atoms with Gasteiger partial charge in [-0.1, -0.05) is 51.1 Å². The second-order valence-electron chi connectivity index (χ2n) is 9.69. The molecule has 0 spiro atoms. The van der Waals surface area contributed by atoms with Crippen molar-refractivity contribution in [2.24, 2.45) is 0 Å². The Labute approximate surface area is 195 Å². The van der Waals surface area contributed by atoms with E-state index in [0.717, 1.165) is 28.0 Å². The molecule has 2 aromatic carbocycles.